The van der Waals surface area contributed by atoms with Gasteiger partial charge in [0.25, 0.3) is 0 Å². The molecule has 0 aliphatic carbocycles. The topological polar surface area (TPSA) is 52.0 Å². The normalized spacial score (nSPS) is 14.3. The summed E-state index contributed by atoms with van der Waals surface area (Å²) in [5, 5.41) is 0. The van der Waals surface area contributed by atoms with Crippen LogP contribution in [0.4, 0.5) is 0 Å². The zero-order chi connectivity index (χ0) is 25.4. The standard InChI is InChI=1S/C33H46N2/c1-23(2)16-32(21-34)31-11-7-9-29(20-31)27-14-12-26(13-15-27)17-25(5)18-33(22-35)30-10-6-8-28(19-30)24(3)4/h6-15,19-20,23-25,32-33H,16-18,21-22,34-35H2,1-5H3. The Kier molecular flexibility index (Phi) is 10.1. The molecule has 0 radical (unpaired) electrons. The van der Waals surface area contributed by atoms with E-state index in [4.69, 9.17) is 11.5 Å². The number of rotatable bonds is 12. The van der Waals surface area contributed by atoms with Gasteiger partial charge < -0.3 is 11.5 Å². The molecule has 188 valence electrons. The number of nitrogens with two attached hydrogens (primary N) is 2. The van der Waals surface area contributed by atoms with Gasteiger partial charge in [-0.1, -0.05) is 107 Å². The molecule has 35 heavy (non-hydrogen) atoms. The van der Waals surface area contributed by atoms with Gasteiger partial charge in [0, 0.05) is 0 Å². The predicted molar refractivity (Wildman–Crippen MR) is 153 cm³/mol. The fourth-order valence-electron chi connectivity index (χ4n) is 5.25. The van der Waals surface area contributed by atoms with Crippen LogP contribution in [0.1, 0.15) is 87.5 Å². The highest BCUT2D eigenvalue weighted by Gasteiger charge is 2.16. The maximum absolute atomic E-state index is 6.22. The summed E-state index contributed by atoms with van der Waals surface area (Å²) in [4.78, 5) is 0. The fraction of sp³-hybridized carbons (Fsp3) is 0.455. The third-order valence-electron chi connectivity index (χ3n) is 7.29. The van der Waals surface area contributed by atoms with Gasteiger partial charge in [-0.2, -0.15) is 0 Å². The monoisotopic (exact) mass is 470 g/mol. The van der Waals surface area contributed by atoms with E-state index in [0.717, 1.165) is 19.3 Å². The lowest BCUT2D eigenvalue weighted by Gasteiger charge is -2.21. The van der Waals surface area contributed by atoms with Gasteiger partial charge in [-0.3, -0.25) is 0 Å². The van der Waals surface area contributed by atoms with E-state index in [2.05, 4.69) is 107 Å². The Bertz CT molecular complexity index is 1030. The zero-order valence-corrected chi connectivity index (χ0v) is 22.5. The van der Waals surface area contributed by atoms with Crippen molar-refractivity contribution in [2.24, 2.45) is 23.3 Å². The largest absolute Gasteiger partial charge is 0.330 e. The molecule has 0 spiro atoms. The second-order valence-corrected chi connectivity index (χ2v) is 11.2. The molecule has 2 nitrogen and oxygen atoms in total. The molecule has 0 bridgehead atoms. The summed E-state index contributed by atoms with van der Waals surface area (Å²) >= 11 is 0. The first-order valence-electron chi connectivity index (χ1n) is 13.5. The fourth-order valence-corrected chi connectivity index (χ4v) is 5.25. The summed E-state index contributed by atoms with van der Waals surface area (Å²) in [5.74, 6) is 2.59. The summed E-state index contributed by atoms with van der Waals surface area (Å²) in [5.41, 5.74) is 20.4. The van der Waals surface area contributed by atoms with Crippen LogP contribution in [-0.4, -0.2) is 13.1 Å². The number of benzene rings is 3. The quantitative estimate of drug-likeness (QED) is 0.283. The van der Waals surface area contributed by atoms with E-state index in [1.807, 2.05) is 0 Å². The van der Waals surface area contributed by atoms with Crippen molar-refractivity contribution in [3.8, 4) is 11.1 Å². The lowest BCUT2D eigenvalue weighted by Crippen LogP contribution is -2.17. The van der Waals surface area contributed by atoms with E-state index in [1.165, 1.54) is 33.4 Å². The maximum atomic E-state index is 6.22. The Morgan fingerprint density at radius 3 is 1.77 bits per heavy atom. The van der Waals surface area contributed by atoms with E-state index in [-0.39, 0.29) is 0 Å². The number of hydrogen-bond donors (Lipinski definition) is 2. The third-order valence-corrected chi connectivity index (χ3v) is 7.29. The second kappa shape index (κ2) is 13.0. The van der Waals surface area contributed by atoms with E-state index in [9.17, 15) is 0 Å². The first-order chi connectivity index (χ1) is 16.8. The zero-order valence-electron chi connectivity index (χ0n) is 22.5. The molecule has 0 aliphatic rings. The van der Waals surface area contributed by atoms with Crippen molar-refractivity contribution in [3.63, 3.8) is 0 Å². The lowest BCUT2D eigenvalue weighted by molar-refractivity contribution is 0.467. The van der Waals surface area contributed by atoms with Gasteiger partial charge in [-0.25, -0.2) is 0 Å². The Labute approximate surface area is 214 Å². The molecule has 0 aromatic heterocycles. The van der Waals surface area contributed by atoms with Crippen LogP contribution >= 0.6 is 0 Å². The van der Waals surface area contributed by atoms with Gasteiger partial charge in [0.1, 0.15) is 0 Å². The second-order valence-electron chi connectivity index (χ2n) is 11.2. The minimum atomic E-state index is 0.409. The summed E-state index contributed by atoms with van der Waals surface area (Å²) in [6, 6.07) is 27.1. The van der Waals surface area contributed by atoms with Gasteiger partial charge in [0.2, 0.25) is 0 Å². The van der Waals surface area contributed by atoms with Crippen LogP contribution in [0.3, 0.4) is 0 Å². The van der Waals surface area contributed by atoms with Crippen molar-refractivity contribution >= 4 is 0 Å². The van der Waals surface area contributed by atoms with Crippen molar-refractivity contribution in [1.82, 2.24) is 0 Å². The average Bonchev–Trinajstić information content (AvgIpc) is 2.86. The molecule has 3 aromatic rings. The van der Waals surface area contributed by atoms with Crippen LogP contribution in [0.5, 0.6) is 0 Å². The Hall–Kier alpha value is -2.42. The molecule has 3 unspecified atom stereocenters. The van der Waals surface area contributed by atoms with Gasteiger partial charge in [0.15, 0.2) is 0 Å². The Balaban J connectivity index is 1.66. The van der Waals surface area contributed by atoms with Crippen LogP contribution in [0.15, 0.2) is 72.8 Å². The minimum absolute atomic E-state index is 0.409. The molecule has 0 saturated heterocycles. The molecule has 0 heterocycles. The number of hydrogen-bond acceptors (Lipinski definition) is 2. The molecular weight excluding hydrogens is 424 g/mol. The highest BCUT2D eigenvalue weighted by Crippen LogP contribution is 2.30. The van der Waals surface area contributed by atoms with Crippen molar-refractivity contribution in [3.05, 3.63) is 95.1 Å². The van der Waals surface area contributed by atoms with Crippen LogP contribution in [-0.2, 0) is 6.42 Å². The first-order valence-corrected chi connectivity index (χ1v) is 13.5. The van der Waals surface area contributed by atoms with E-state index in [0.29, 0.717) is 42.7 Å². The van der Waals surface area contributed by atoms with Crippen LogP contribution < -0.4 is 11.5 Å². The molecule has 0 aliphatic heterocycles. The van der Waals surface area contributed by atoms with Crippen LogP contribution in [0.25, 0.3) is 11.1 Å². The molecule has 0 fully saturated rings. The Morgan fingerprint density at radius 2 is 1.17 bits per heavy atom. The van der Waals surface area contributed by atoms with Crippen molar-refractivity contribution in [2.75, 3.05) is 13.1 Å². The molecule has 2 heteroatoms. The summed E-state index contributed by atoms with van der Waals surface area (Å²) < 4.78 is 0. The molecule has 3 rings (SSSR count). The predicted octanol–water partition coefficient (Wildman–Crippen LogP) is 7.88. The smallest absolute Gasteiger partial charge is 0.000813 e. The molecular formula is C33H46N2. The summed E-state index contributed by atoms with van der Waals surface area (Å²) in [6.07, 6.45) is 3.31. The van der Waals surface area contributed by atoms with E-state index in [1.54, 1.807) is 0 Å². The maximum Gasteiger partial charge on any atom is -0.000813 e. The SMILES string of the molecule is CC(C)CC(CN)c1cccc(-c2ccc(CC(C)CC(CN)c3cccc(C(C)C)c3)cc2)c1. The Morgan fingerprint density at radius 1 is 0.600 bits per heavy atom. The van der Waals surface area contributed by atoms with Crippen molar-refractivity contribution < 1.29 is 0 Å². The highest BCUT2D eigenvalue weighted by atomic mass is 14.6. The average molecular weight is 471 g/mol. The highest BCUT2D eigenvalue weighted by molar-refractivity contribution is 5.64. The molecule has 3 aromatic carbocycles. The van der Waals surface area contributed by atoms with Gasteiger partial charge in [-0.05, 0) is 95.3 Å². The third kappa shape index (κ3) is 7.78. The molecule has 0 saturated carbocycles. The van der Waals surface area contributed by atoms with E-state index < -0.39 is 0 Å². The van der Waals surface area contributed by atoms with Crippen LogP contribution in [0.2, 0.25) is 0 Å². The summed E-state index contributed by atoms with van der Waals surface area (Å²) in [6.45, 7) is 12.8. The molecule has 0 amide bonds. The van der Waals surface area contributed by atoms with Crippen LogP contribution in [0, 0.1) is 11.8 Å². The van der Waals surface area contributed by atoms with Crippen molar-refractivity contribution in [2.45, 2.75) is 71.6 Å². The van der Waals surface area contributed by atoms with E-state index >= 15 is 0 Å². The minimum Gasteiger partial charge on any atom is -0.330 e. The first kappa shape index (κ1) is 27.2. The molecule has 4 N–H and O–H groups in total. The lowest BCUT2D eigenvalue weighted by atomic mass is 9.85. The van der Waals surface area contributed by atoms with Gasteiger partial charge >= 0.3 is 0 Å². The van der Waals surface area contributed by atoms with Crippen molar-refractivity contribution in [1.29, 1.82) is 0 Å². The summed E-state index contributed by atoms with van der Waals surface area (Å²) in [7, 11) is 0. The molecule has 3 atom stereocenters. The van der Waals surface area contributed by atoms with Gasteiger partial charge in [-0.15, -0.1) is 0 Å². The van der Waals surface area contributed by atoms with Gasteiger partial charge in [0.05, 0.1) is 0 Å².